The van der Waals surface area contributed by atoms with Crippen LogP contribution in [0.4, 0.5) is 20.2 Å². The molecule has 33 heavy (non-hydrogen) atoms. The molecule has 9 heteroatoms. The van der Waals surface area contributed by atoms with E-state index in [9.17, 15) is 18.4 Å². The lowest BCUT2D eigenvalue weighted by Gasteiger charge is -2.27. The number of anilines is 2. The molecule has 170 valence electrons. The number of para-hydroxylation sites is 1. The van der Waals surface area contributed by atoms with Crippen molar-refractivity contribution in [1.29, 1.82) is 0 Å². The van der Waals surface area contributed by atoms with Crippen molar-refractivity contribution >= 4 is 34.8 Å². The molecule has 0 unspecified atom stereocenters. The van der Waals surface area contributed by atoms with Crippen LogP contribution in [0.3, 0.4) is 0 Å². The highest BCUT2D eigenvalue weighted by atomic mass is 35.5. The summed E-state index contributed by atoms with van der Waals surface area (Å²) in [5.41, 5.74) is 0.624. The molecular formula is C24H21ClF2N4O2. The minimum Gasteiger partial charge on any atom is -0.323 e. The maximum Gasteiger partial charge on any atom is 0.240 e. The summed E-state index contributed by atoms with van der Waals surface area (Å²) in [6.45, 7) is 2.45. The summed E-state index contributed by atoms with van der Waals surface area (Å²) in [6.07, 6.45) is 7.46. The van der Waals surface area contributed by atoms with Gasteiger partial charge in [-0.25, -0.2) is 8.78 Å². The first-order valence-corrected chi connectivity index (χ1v) is 10.9. The van der Waals surface area contributed by atoms with Crippen molar-refractivity contribution < 1.29 is 18.4 Å². The summed E-state index contributed by atoms with van der Waals surface area (Å²) in [6, 6.07) is 7.62. The molecule has 2 aromatic rings. The predicted octanol–water partition coefficient (Wildman–Crippen LogP) is 3.00. The van der Waals surface area contributed by atoms with Gasteiger partial charge < -0.3 is 21.3 Å². The van der Waals surface area contributed by atoms with Crippen LogP contribution in [0.2, 0.25) is 5.02 Å². The van der Waals surface area contributed by atoms with Gasteiger partial charge in [-0.1, -0.05) is 48.0 Å². The van der Waals surface area contributed by atoms with Gasteiger partial charge in [0.2, 0.25) is 11.8 Å². The Balaban J connectivity index is 0.000000139. The normalized spacial score (nSPS) is 26.5. The van der Waals surface area contributed by atoms with Crippen molar-refractivity contribution in [2.75, 3.05) is 36.8 Å². The fraction of sp³-hybridized carbons (Fsp3) is 0.250. The highest BCUT2D eigenvalue weighted by Crippen LogP contribution is 2.43. The topological polar surface area (TPSA) is 82.3 Å². The van der Waals surface area contributed by atoms with Gasteiger partial charge in [-0.15, -0.1) is 0 Å². The molecule has 6 nitrogen and oxygen atoms in total. The smallest absolute Gasteiger partial charge is 0.240 e. The van der Waals surface area contributed by atoms with E-state index in [2.05, 4.69) is 21.3 Å². The van der Waals surface area contributed by atoms with Gasteiger partial charge in [0.05, 0.1) is 16.4 Å². The van der Waals surface area contributed by atoms with E-state index in [1.165, 1.54) is 6.07 Å². The Kier molecular flexibility index (Phi) is 5.31. The van der Waals surface area contributed by atoms with Crippen LogP contribution < -0.4 is 21.3 Å². The lowest BCUT2D eigenvalue weighted by molar-refractivity contribution is -0.120. The molecule has 2 aromatic carbocycles. The number of halogens is 3. The van der Waals surface area contributed by atoms with Crippen molar-refractivity contribution in [2.45, 2.75) is 10.8 Å². The molecule has 0 saturated heterocycles. The lowest BCUT2D eigenvalue weighted by atomic mass is 9.79. The molecule has 4 aliphatic heterocycles. The van der Waals surface area contributed by atoms with Crippen LogP contribution >= 0.6 is 11.6 Å². The van der Waals surface area contributed by atoms with E-state index in [-0.39, 0.29) is 17.5 Å². The molecule has 2 amide bonds. The number of benzene rings is 2. The summed E-state index contributed by atoms with van der Waals surface area (Å²) in [5.74, 6) is -1.72. The molecule has 0 bridgehead atoms. The van der Waals surface area contributed by atoms with Gasteiger partial charge in [-0.2, -0.15) is 0 Å². The second-order valence-electron chi connectivity index (χ2n) is 8.39. The third kappa shape index (κ3) is 3.37. The second kappa shape index (κ2) is 8.06. The third-order valence-corrected chi connectivity index (χ3v) is 6.77. The number of rotatable bonds is 0. The summed E-state index contributed by atoms with van der Waals surface area (Å²) >= 11 is 6.08. The monoisotopic (exact) mass is 470 g/mol. The fourth-order valence-electron chi connectivity index (χ4n) is 4.80. The number of carbonyl (C=O) groups is 2. The minimum atomic E-state index is -0.976. The van der Waals surface area contributed by atoms with Crippen molar-refractivity contribution in [3.63, 3.8) is 0 Å². The summed E-state index contributed by atoms with van der Waals surface area (Å²) in [5, 5.41) is 12.2. The van der Waals surface area contributed by atoms with E-state index in [4.69, 9.17) is 11.6 Å². The van der Waals surface area contributed by atoms with Gasteiger partial charge in [0.15, 0.2) is 0 Å². The van der Waals surface area contributed by atoms with Gasteiger partial charge in [-0.05, 0) is 17.7 Å². The molecule has 0 fully saturated rings. The van der Waals surface area contributed by atoms with Crippen LogP contribution in [-0.2, 0) is 20.4 Å². The second-order valence-corrected chi connectivity index (χ2v) is 8.80. The largest absolute Gasteiger partial charge is 0.323 e. The maximum absolute atomic E-state index is 13.6. The number of hydrogen-bond donors (Lipinski definition) is 4. The number of amides is 2. The minimum absolute atomic E-state index is 0.000880. The van der Waals surface area contributed by atoms with Crippen LogP contribution in [0.5, 0.6) is 0 Å². The standard InChI is InChI=1S/C12H11ClN2O.C12H10F2N2O/c13-9-4-1-3-8-10(9)15-11(16)12(8)5-2-6-14-7-12;13-7-4-8-10(9(14)5-7)16-11(17)12(8)2-1-3-15-6-12/h1-5,14H,6-7H2,(H,15,16);1-2,4-5,15H,3,6H2,(H,16,17)/t2*12-/m11/s1. The summed E-state index contributed by atoms with van der Waals surface area (Å²) in [7, 11) is 0. The zero-order chi connectivity index (χ0) is 23.2. The first kappa shape index (κ1) is 21.8. The Morgan fingerprint density at radius 3 is 2.03 bits per heavy atom. The third-order valence-electron chi connectivity index (χ3n) is 6.45. The Morgan fingerprint density at radius 2 is 1.42 bits per heavy atom. The molecule has 4 heterocycles. The van der Waals surface area contributed by atoms with E-state index in [0.717, 1.165) is 23.9 Å². The van der Waals surface area contributed by atoms with E-state index in [0.29, 0.717) is 30.2 Å². The Bertz CT molecular complexity index is 1230. The lowest BCUT2D eigenvalue weighted by Crippen LogP contribution is -2.45. The molecule has 4 aliphatic rings. The highest BCUT2D eigenvalue weighted by molar-refractivity contribution is 6.35. The SMILES string of the molecule is O=C1Nc2c(Cl)cccc2[C@]12C=CCNC2.O=C1Nc2c(F)cc(F)cc2[C@]12C=CCNC2. The average molecular weight is 471 g/mol. The van der Waals surface area contributed by atoms with Gasteiger partial charge in [-0.3, -0.25) is 9.59 Å². The Hall–Kier alpha value is -3.07. The fourth-order valence-corrected chi connectivity index (χ4v) is 5.02. The van der Waals surface area contributed by atoms with E-state index < -0.39 is 22.5 Å². The van der Waals surface area contributed by atoms with Crippen molar-refractivity contribution in [3.8, 4) is 0 Å². The molecule has 2 spiro atoms. The summed E-state index contributed by atoms with van der Waals surface area (Å²) in [4.78, 5) is 24.1. The summed E-state index contributed by atoms with van der Waals surface area (Å²) < 4.78 is 26.8. The van der Waals surface area contributed by atoms with Crippen LogP contribution in [0.15, 0.2) is 54.6 Å². The molecule has 6 rings (SSSR count). The van der Waals surface area contributed by atoms with Gasteiger partial charge in [0.1, 0.15) is 22.5 Å². The van der Waals surface area contributed by atoms with Crippen molar-refractivity contribution in [3.05, 3.63) is 82.4 Å². The first-order valence-electron chi connectivity index (χ1n) is 10.6. The van der Waals surface area contributed by atoms with Gasteiger partial charge in [0.25, 0.3) is 0 Å². The molecule has 0 aromatic heterocycles. The number of fused-ring (bicyclic) bond motifs is 4. The van der Waals surface area contributed by atoms with Crippen LogP contribution in [0.1, 0.15) is 11.1 Å². The van der Waals surface area contributed by atoms with E-state index >= 15 is 0 Å². The maximum atomic E-state index is 13.6. The van der Waals surface area contributed by atoms with Crippen molar-refractivity contribution in [1.82, 2.24) is 10.6 Å². The molecule has 0 aliphatic carbocycles. The van der Waals surface area contributed by atoms with Crippen LogP contribution in [0.25, 0.3) is 0 Å². The quantitative estimate of drug-likeness (QED) is 0.446. The van der Waals surface area contributed by atoms with Gasteiger partial charge in [0, 0.05) is 37.8 Å². The average Bonchev–Trinajstić information content (AvgIpc) is 3.23. The Morgan fingerprint density at radius 1 is 0.818 bits per heavy atom. The first-order chi connectivity index (χ1) is 15.9. The zero-order valence-corrected chi connectivity index (χ0v) is 18.2. The predicted molar refractivity (Wildman–Crippen MR) is 122 cm³/mol. The number of hydrogen-bond acceptors (Lipinski definition) is 4. The van der Waals surface area contributed by atoms with Crippen LogP contribution in [-0.4, -0.2) is 38.0 Å². The van der Waals surface area contributed by atoms with E-state index in [1.54, 1.807) is 18.2 Å². The van der Waals surface area contributed by atoms with Crippen molar-refractivity contribution in [2.24, 2.45) is 0 Å². The number of carbonyl (C=O) groups excluding carboxylic acids is 2. The van der Waals surface area contributed by atoms with E-state index in [1.807, 2.05) is 24.3 Å². The molecule has 4 N–H and O–H groups in total. The molecule has 0 saturated carbocycles. The molecule has 2 atom stereocenters. The highest BCUT2D eigenvalue weighted by Gasteiger charge is 2.47. The van der Waals surface area contributed by atoms with Gasteiger partial charge >= 0.3 is 0 Å². The Labute approximate surface area is 194 Å². The molecule has 0 radical (unpaired) electrons. The number of nitrogens with one attached hydrogen (secondary N) is 4. The molecular weight excluding hydrogens is 450 g/mol. The zero-order valence-electron chi connectivity index (χ0n) is 17.5. The van der Waals surface area contributed by atoms with Crippen LogP contribution in [0, 0.1) is 11.6 Å².